The first-order valence-corrected chi connectivity index (χ1v) is 10.2. The number of nitro benzene ring substituents is 1. The van der Waals surface area contributed by atoms with Crippen molar-refractivity contribution in [2.45, 2.75) is 39.0 Å². The number of anilines is 1. The number of rotatable bonds is 6. The van der Waals surface area contributed by atoms with Crippen molar-refractivity contribution in [3.05, 3.63) is 54.9 Å². The van der Waals surface area contributed by atoms with Crippen LogP contribution in [-0.2, 0) is 12.8 Å². The van der Waals surface area contributed by atoms with Gasteiger partial charge in [-0.2, -0.15) is 0 Å². The molecule has 28 heavy (non-hydrogen) atoms. The molecule has 148 valence electrons. The summed E-state index contributed by atoms with van der Waals surface area (Å²) in [6.07, 6.45) is 4.77. The number of halogens is 1. The van der Waals surface area contributed by atoms with E-state index in [-0.39, 0.29) is 16.3 Å². The van der Waals surface area contributed by atoms with Gasteiger partial charge in [0.25, 0.3) is 17.5 Å². The van der Waals surface area contributed by atoms with Crippen LogP contribution in [0.1, 0.15) is 57.3 Å². The van der Waals surface area contributed by atoms with Gasteiger partial charge in [-0.1, -0.05) is 31.4 Å². The number of benzene rings is 1. The highest BCUT2D eigenvalue weighted by Gasteiger charge is 2.29. The fourth-order valence-corrected chi connectivity index (χ4v) is 5.21. The largest absolute Gasteiger partial charge is 0.365 e. The number of fused-ring (bicyclic) bond motifs is 1. The molecule has 0 fully saturated rings. The van der Waals surface area contributed by atoms with Crippen LogP contribution < -0.4 is 11.1 Å². The Balaban J connectivity index is 1.95. The van der Waals surface area contributed by atoms with Gasteiger partial charge in [0.1, 0.15) is 10.6 Å². The molecule has 0 bridgehead atoms. The van der Waals surface area contributed by atoms with Gasteiger partial charge in [0.05, 0.1) is 10.5 Å². The zero-order chi connectivity index (χ0) is 20.4. The van der Waals surface area contributed by atoms with Gasteiger partial charge in [0.15, 0.2) is 0 Å². The van der Waals surface area contributed by atoms with Crippen LogP contribution in [0.2, 0.25) is 5.02 Å². The van der Waals surface area contributed by atoms with E-state index in [9.17, 15) is 19.7 Å². The molecule has 3 rings (SSSR count). The summed E-state index contributed by atoms with van der Waals surface area (Å²) in [4.78, 5) is 36.4. The molecule has 1 unspecified atom stereocenters. The number of hydrogen-bond donors (Lipinski definition) is 2. The summed E-state index contributed by atoms with van der Waals surface area (Å²) in [6, 6.07) is 3.77. The van der Waals surface area contributed by atoms with Crippen LogP contribution in [0, 0.1) is 16.0 Å². The fraction of sp³-hybridized carbons (Fsp3) is 0.368. The Hall–Kier alpha value is -2.45. The molecule has 1 aliphatic rings. The Labute approximate surface area is 171 Å². The van der Waals surface area contributed by atoms with E-state index < -0.39 is 16.7 Å². The van der Waals surface area contributed by atoms with Crippen LogP contribution in [0.4, 0.5) is 10.7 Å². The van der Waals surface area contributed by atoms with Crippen molar-refractivity contribution in [2.24, 2.45) is 11.7 Å². The quantitative estimate of drug-likeness (QED) is 0.525. The number of thiophene rings is 1. The molecule has 7 nitrogen and oxygen atoms in total. The molecule has 1 aliphatic carbocycles. The van der Waals surface area contributed by atoms with Crippen LogP contribution in [0.25, 0.3) is 0 Å². The maximum atomic E-state index is 12.7. The van der Waals surface area contributed by atoms with Crippen molar-refractivity contribution in [2.75, 3.05) is 5.32 Å². The summed E-state index contributed by atoms with van der Waals surface area (Å²) in [5.41, 5.74) is 6.26. The van der Waals surface area contributed by atoms with Crippen LogP contribution in [0.5, 0.6) is 0 Å². The molecule has 0 radical (unpaired) electrons. The summed E-state index contributed by atoms with van der Waals surface area (Å²) < 4.78 is 0. The third-order valence-electron chi connectivity index (χ3n) is 4.94. The van der Waals surface area contributed by atoms with E-state index in [1.54, 1.807) is 0 Å². The molecule has 2 aromatic rings. The molecule has 9 heteroatoms. The van der Waals surface area contributed by atoms with E-state index in [1.165, 1.54) is 29.5 Å². The van der Waals surface area contributed by atoms with E-state index in [0.717, 1.165) is 42.5 Å². The second-order valence-corrected chi connectivity index (χ2v) is 8.38. The fourth-order valence-electron chi connectivity index (χ4n) is 3.68. The number of hydrogen-bond acceptors (Lipinski definition) is 5. The Bertz CT molecular complexity index is 957. The highest BCUT2D eigenvalue weighted by Crippen LogP contribution is 2.41. The summed E-state index contributed by atoms with van der Waals surface area (Å²) >= 11 is 7.23. The number of amides is 2. The van der Waals surface area contributed by atoms with Gasteiger partial charge >= 0.3 is 0 Å². The maximum absolute atomic E-state index is 12.7. The van der Waals surface area contributed by atoms with Gasteiger partial charge in [-0.15, -0.1) is 11.3 Å². The molecule has 0 saturated carbocycles. The topological polar surface area (TPSA) is 115 Å². The third kappa shape index (κ3) is 4.02. The van der Waals surface area contributed by atoms with Crippen LogP contribution in [0.15, 0.2) is 18.2 Å². The molecule has 0 saturated heterocycles. The van der Waals surface area contributed by atoms with Crippen molar-refractivity contribution in [3.8, 4) is 0 Å². The number of nitro groups is 1. The Morgan fingerprint density at radius 1 is 1.43 bits per heavy atom. The lowest BCUT2D eigenvalue weighted by Crippen LogP contribution is -2.20. The molecule has 0 aliphatic heterocycles. The number of carbonyl (C=O) groups is 2. The van der Waals surface area contributed by atoms with E-state index in [4.69, 9.17) is 17.3 Å². The van der Waals surface area contributed by atoms with Gasteiger partial charge in [-0.25, -0.2) is 0 Å². The number of nitrogens with zero attached hydrogens (tertiary/aromatic N) is 1. The molecule has 1 heterocycles. The zero-order valence-corrected chi connectivity index (χ0v) is 16.9. The number of nitrogens with one attached hydrogen (secondary N) is 1. The lowest BCUT2D eigenvalue weighted by Gasteiger charge is -2.21. The zero-order valence-electron chi connectivity index (χ0n) is 15.3. The van der Waals surface area contributed by atoms with E-state index >= 15 is 0 Å². The predicted molar refractivity (Wildman–Crippen MR) is 109 cm³/mol. The molecule has 2 amide bonds. The van der Waals surface area contributed by atoms with Crippen molar-refractivity contribution >= 4 is 45.4 Å². The average molecular weight is 422 g/mol. The average Bonchev–Trinajstić information content (AvgIpc) is 2.98. The predicted octanol–water partition coefficient (Wildman–Crippen LogP) is 4.57. The van der Waals surface area contributed by atoms with Gasteiger partial charge in [0.2, 0.25) is 0 Å². The Kier molecular flexibility index (Phi) is 6.00. The summed E-state index contributed by atoms with van der Waals surface area (Å²) in [5, 5.41) is 14.4. The summed E-state index contributed by atoms with van der Waals surface area (Å²) in [5.74, 6) is -0.753. The molecular formula is C19H20ClN3O4S. The van der Waals surface area contributed by atoms with Gasteiger partial charge in [-0.05, 0) is 42.9 Å². The number of primary amides is 1. The van der Waals surface area contributed by atoms with E-state index in [1.807, 2.05) is 0 Å². The SMILES string of the molecule is CCCC1CCc2c(sc(NC(=O)c3cc(Cl)ccc3[N+](=O)[O-])c2C(N)=O)C1. The van der Waals surface area contributed by atoms with Crippen molar-refractivity contribution < 1.29 is 14.5 Å². The monoisotopic (exact) mass is 421 g/mol. The van der Waals surface area contributed by atoms with Crippen LogP contribution >= 0.6 is 22.9 Å². The lowest BCUT2D eigenvalue weighted by molar-refractivity contribution is -0.385. The van der Waals surface area contributed by atoms with Crippen molar-refractivity contribution in [1.82, 2.24) is 0 Å². The second kappa shape index (κ2) is 8.28. The number of nitrogens with two attached hydrogens (primary N) is 1. The molecule has 3 N–H and O–H groups in total. The second-order valence-electron chi connectivity index (χ2n) is 6.84. The highest BCUT2D eigenvalue weighted by molar-refractivity contribution is 7.17. The summed E-state index contributed by atoms with van der Waals surface area (Å²) in [6.45, 7) is 2.14. The van der Waals surface area contributed by atoms with Crippen LogP contribution in [-0.4, -0.2) is 16.7 Å². The standard InChI is InChI=1S/C19H20ClN3O4S/c1-2-3-10-4-6-12-15(8-10)28-19(16(12)17(21)24)22-18(25)13-9-11(20)5-7-14(13)23(26)27/h5,7,9-10H,2-4,6,8H2,1H3,(H2,21,24)(H,22,25). The first kappa shape index (κ1) is 20.3. The molecule has 1 aromatic heterocycles. The Morgan fingerprint density at radius 2 is 2.18 bits per heavy atom. The number of carbonyl (C=O) groups excluding carboxylic acids is 2. The van der Waals surface area contributed by atoms with Gasteiger partial charge in [0, 0.05) is 16.0 Å². The first-order valence-electron chi connectivity index (χ1n) is 9.01. The molecular weight excluding hydrogens is 402 g/mol. The maximum Gasteiger partial charge on any atom is 0.282 e. The highest BCUT2D eigenvalue weighted by atomic mass is 35.5. The lowest BCUT2D eigenvalue weighted by atomic mass is 9.84. The smallest absolute Gasteiger partial charge is 0.282 e. The molecule has 0 spiro atoms. The van der Waals surface area contributed by atoms with Crippen molar-refractivity contribution in [1.29, 1.82) is 0 Å². The minimum atomic E-state index is -0.694. The molecule has 1 aromatic carbocycles. The van der Waals surface area contributed by atoms with Crippen LogP contribution in [0.3, 0.4) is 0 Å². The Morgan fingerprint density at radius 3 is 2.82 bits per heavy atom. The molecule has 1 atom stereocenters. The normalized spacial score (nSPS) is 15.7. The van der Waals surface area contributed by atoms with Crippen molar-refractivity contribution in [3.63, 3.8) is 0 Å². The van der Waals surface area contributed by atoms with Gasteiger partial charge in [-0.3, -0.25) is 19.7 Å². The van der Waals surface area contributed by atoms with E-state index in [0.29, 0.717) is 16.5 Å². The minimum Gasteiger partial charge on any atom is -0.365 e. The van der Waals surface area contributed by atoms with Gasteiger partial charge < -0.3 is 11.1 Å². The van der Waals surface area contributed by atoms with E-state index in [2.05, 4.69) is 12.2 Å². The first-order chi connectivity index (χ1) is 13.3. The summed E-state index contributed by atoms with van der Waals surface area (Å²) in [7, 11) is 0. The minimum absolute atomic E-state index is 0.164. The third-order valence-corrected chi connectivity index (χ3v) is 6.34.